The van der Waals surface area contributed by atoms with Crippen molar-refractivity contribution in [1.29, 1.82) is 0 Å². The van der Waals surface area contributed by atoms with Gasteiger partial charge in [0.05, 0.1) is 10.0 Å². The van der Waals surface area contributed by atoms with E-state index in [1.165, 1.54) is 0 Å². The average molecular weight is 291 g/mol. The standard InChI is InChI=1S/C11H16Cl2N4O/c1-4-11(2,10(14)18)17-9-7(13)5-6(12)8(15-3)16-9/h5H,4H2,1-3H3,(H2,14,18)(H2,15,16,17). The molecule has 1 heterocycles. The number of primary amides is 1. The summed E-state index contributed by atoms with van der Waals surface area (Å²) >= 11 is 12.0. The van der Waals surface area contributed by atoms with Gasteiger partial charge >= 0.3 is 0 Å². The molecule has 1 atom stereocenters. The van der Waals surface area contributed by atoms with Crippen molar-refractivity contribution in [2.45, 2.75) is 25.8 Å². The van der Waals surface area contributed by atoms with Gasteiger partial charge in [-0.05, 0) is 19.4 Å². The lowest BCUT2D eigenvalue weighted by atomic mass is 9.98. The summed E-state index contributed by atoms with van der Waals surface area (Å²) in [4.78, 5) is 15.6. The van der Waals surface area contributed by atoms with Crippen LogP contribution in [0.25, 0.3) is 0 Å². The third-order valence-corrected chi connectivity index (χ3v) is 3.39. The molecule has 1 aromatic heterocycles. The minimum Gasteiger partial charge on any atom is -0.372 e. The number of halogens is 2. The van der Waals surface area contributed by atoms with Crippen molar-refractivity contribution in [2.24, 2.45) is 5.73 Å². The van der Waals surface area contributed by atoms with Crippen molar-refractivity contribution in [1.82, 2.24) is 4.98 Å². The van der Waals surface area contributed by atoms with Crippen molar-refractivity contribution in [2.75, 3.05) is 17.7 Å². The molecule has 100 valence electrons. The van der Waals surface area contributed by atoms with E-state index in [1.54, 1.807) is 20.0 Å². The van der Waals surface area contributed by atoms with Crippen LogP contribution >= 0.6 is 23.2 Å². The van der Waals surface area contributed by atoms with Gasteiger partial charge in [-0.3, -0.25) is 4.79 Å². The predicted molar refractivity (Wildman–Crippen MR) is 75.3 cm³/mol. The van der Waals surface area contributed by atoms with Gasteiger partial charge in [0.2, 0.25) is 5.91 Å². The molecule has 1 unspecified atom stereocenters. The molecule has 4 N–H and O–H groups in total. The van der Waals surface area contributed by atoms with Gasteiger partial charge in [0.1, 0.15) is 17.2 Å². The molecule has 0 aliphatic heterocycles. The van der Waals surface area contributed by atoms with Crippen LogP contribution in [0.2, 0.25) is 10.0 Å². The number of hydrogen-bond acceptors (Lipinski definition) is 4. The molecule has 5 nitrogen and oxygen atoms in total. The molecule has 0 aliphatic carbocycles. The Bertz CT molecular complexity index is 467. The molecular formula is C11H16Cl2N4O. The molecule has 7 heteroatoms. The molecule has 0 fully saturated rings. The Kier molecular flexibility index (Phi) is 4.65. The highest BCUT2D eigenvalue weighted by atomic mass is 35.5. The van der Waals surface area contributed by atoms with Crippen LogP contribution in [0.15, 0.2) is 6.07 Å². The highest BCUT2D eigenvalue weighted by molar-refractivity contribution is 6.37. The van der Waals surface area contributed by atoms with E-state index in [9.17, 15) is 4.79 Å². The van der Waals surface area contributed by atoms with E-state index in [1.807, 2.05) is 6.92 Å². The van der Waals surface area contributed by atoms with Crippen LogP contribution in [0, 0.1) is 0 Å². The summed E-state index contributed by atoms with van der Waals surface area (Å²) in [6.45, 7) is 3.54. The number of nitrogens with two attached hydrogens (primary N) is 1. The summed E-state index contributed by atoms with van der Waals surface area (Å²) in [7, 11) is 1.69. The van der Waals surface area contributed by atoms with Gasteiger partial charge in [0.15, 0.2) is 0 Å². The summed E-state index contributed by atoms with van der Waals surface area (Å²) < 4.78 is 0. The fourth-order valence-electron chi connectivity index (χ4n) is 1.32. The number of anilines is 2. The number of pyridine rings is 1. The van der Waals surface area contributed by atoms with E-state index in [4.69, 9.17) is 28.9 Å². The molecule has 18 heavy (non-hydrogen) atoms. The zero-order valence-corrected chi connectivity index (χ0v) is 12.0. The Hall–Kier alpha value is -1.20. The third kappa shape index (κ3) is 2.97. The smallest absolute Gasteiger partial charge is 0.242 e. The SMILES string of the molecule is CCC(C)(Nc1nc(NC)c(Cl)cc1Cl)C(N)=O. The van der Waals surface area contributed by atoms with Crippen molar-refractivity contribution in [3.63, 3.8) is 0 Å². The molecule has 0 aromatic carbocycles. The van der Waals surface area contributed by atoms with Gasteiger partial charge < -0.3 is 16.4 Å². The monoisotopic (exact) mass is 290 g/mol. The molecule has 0 saturated heterocycles. The lowest BCUT2D eigenvalue weighted by molar-refractivity contribution is -0.121. The zero-order chi connectivity index (χ0) is 13.9. The predicted octanol–water partition coefficient (Wildman–Crippen LogP) is 2.50. The fourth-order valence-corrected chi connectivity index (χ4v) is 1.82. The van der Waals surface area contributed by atoms with Crippen molar-refractivity contribution < 1.29 is 4.79 Å². The Labute approximate surface area is 116 Å². The number of nitrogens with one attached hydrogen (secondary N) is 2. The number of carbonyl (C=O) groups is 1. The largest absolute Gasteiger partial charge is 0.372 e. The van der Waals surface area contributed by atoms with Crippen LogP contribution < -0.4 is 16.4 Å². The van der Waals surface area contributed by atoms with Crippen molar-refractivity contribution >= 4 is 40.7 Å². The van der Waals surface area contributed by atoms with Crippen molar-refractivity contribution in [3.8, 4) is 0 Å². The first-order chi connectivity index (χ1) is 8.34. The summed E-state index contributed by atoms with van der Waals surface area (Å²) in [5.74, 6) is 0.379. The molecular weight excluding hydrogens is 275 g/mol. The number of nitrogens with zero attached hydrogens (tertiary/aromatic N) is 1. The minimum absolute atomic E-state index is 0.333. The van der Waals surface area contributed by atoms with Gasteiger partial charge in [0, 0.05) is 7.05 Å². The number of aromatic nitrogens is 1. The number of carbonyl (C=O) groups excluding carboxylic acids is 1. The second-order valence-corrected chi connectivity index (χ2v) is 4.89. The van der Waals surface area contributed by atoms with Crippen LogP contribution in [-0.2, 0) is 4.79 Å². The van der Waals surface area contributed by atoms with Gasteiger partial charge in [-0.15, -0.1) is 0 Å². The summed E-state index contributed by atoms with van der Waals surface area (Å²) in [6.07, 6.45) is 0.512. The maximum absolute atomic E-state index is 11.4. The molecule has 0 spiro atoms. The van der Waals surface area contributed by atoms with Gasteiger partial charge in [-0.2, -0.15) is 0 Å². The first kappa shape index (κ1) is 14.9. The molecule has 0 saturated carbocycles. The topological polar surface area (TPSA) is 80.0 Å². The normalized spacial score (nSPS) is 13.8. The molecule has 0 bridgehead atoms. The van der Waals surface area contributed by atoms with Gasteiger partial charge in [0.25, 0.3) is 0 Å². The van der Waals surface area contributed by atoms with E-state index < -0.39 is 11.4 Å². The van der Waals surface area contributed by atoms with Gasteiger partial charge in [-0.25, -0.2) is 4.98 Å². The average Bonchev–Trinajstić information content (AvgIpc) is 2.32. The molecule has 0 aliphatic rings. The Morgan fingerprint density at radius 1 is 1.44 bits per heavy atom. The van der Waals surface area contributed by atoms with Gasteiger partial charge in [-0.1, -0.05) is 30.1 Å². The third-order valence-electron chi connectivity index (χ3n) is 2.81. The number of amides is 1. The summed E-state index contributed by atoms with van der Waals surface area (Å²) in [5.41, 5.74) is 4.46. The second kappa shape index (κ2) is 5.63. The maximum Gasteiger partial charge on any atom is 0.242 e. The highest BCUT2D eigenvalue weighted by Crippen LogP contribution is 2.31. The Morgan fingerprint density at radius 2 is 2.00 bits per heavy atom. The van der Waals surface area contributed by atoms with Crippen LogP contribution in [0.3, 0.4) is 0 Å². The first-order valence-electron chi connectivity index (χ1n) is 5.46. The van der Waals surface area contributed by atoms with E-state index in [0.717, 1.165) is 0 Å². The zero-order valence-electron chi connectivity index (χ0n) is 10.5. The highest BCUT2D eigenvalue weighted by Gasteiger charge is 2.30. The first-order valence-corrected chi connectivity index (χ1v) is 6.21. The van der Waals surface area contributed by atoms with E-state index >= 15 is 0 Å². The van der Waals surface area contributed by atoms with Crippen LogP contribution in [0.4, 0.5) is 11.6 Å². The fraction of sp³-hybridized carbons (Fsp3) is 0.455. The number of hydrogen-bond donors (Lipinski definition) is 3. The summed E-state index contributed by atoms with van der Waals surface area (Å²) in [5, 5.41) is 6.54. The van der Waals surface area contributed by atoms with E-state index in [0.29, 0.717) is 28.1 Å². The van der Waals surface area contributed by atoms with Crippen LogP contribution in [0.5, 0.6) is 0 Å². The quantitative estimate of drug-likeness (QED) is 0.778. The van der Waals surface area contributed by atoms with Crippen LogP contribution in [0.1, 0.15) is 20.3 Å². The second-order valence-electron chi connectivity index (χ2n) is 4.07. The van der Waals surface area contributed by atoms with E-state index in [2.05, 4.69) is 15.6 Å². The molecule has 0 radical (unpaired) electrons. The maximum atomic E-state index is 11.4. The van der Waals surface area contributed by atoms with E-state index in [-0.39, 0.29) is 0 Å². The molecule has 1 amide bonds. The van der Waals surface area contributed by atoms with Crippen LogP contribution in [-0.4, -0.2) is 23.5 Å². The lowest BCUT2D eigenvalue weighted by Crippen LogP contribution is -2.47. The summed E-state index contributed by atoms with van der Waals surface area (Å²) in [6, 6.07) is 1.56. The Morgan fingerprint density at radius 3 is 2.44 bits per heavy atom. The Balaban J connectivity index is 3.14. The molecule has 1 aromatic rings. The lowest BCUT2D eigenvalue weighted by Gasteiger charge is -2.27. The molecule has 1 rings (SSSR count). The number of rotatable bonds is 5. The van der Waals surface area contributed by atoms with Crippen molar-refractivity contribution in [3.05, 3.63) is 16.1 Å². The minimum atomic E-state index is -0.907.